The second-order valence-corrected chi connectivity index (χ2v) is 19.9. The van der Waals surface area contributed by atoms with E-state index in [2.05, 4.69) is 32.6 Å². The summed E-state index contributed by atoms with van der Waals surface area (Å²) in [5.74, 6) is 4.93. The molecule has 0 amide bonds. The molecule has 0 bridgehead atoms. The third kappa shape index (κ3) is 9.43. The van der Waals surface area contributed by atoms with Crippen LogP contribution in [0.1, 0.15) is 63.8 Å². The maximum Gasteiger partial charge on any atom is 0.511 e. The van der Waals surface area contributed by atoms with Crippen molar-refractivity contribution >= 4 is 32.7 Å². The van der Waals surface area contributed by atoms with Gasteiger partial charge in [-0.3, -0.25) is 9.78 Å². The predicted octanol–water partition coefficient (Wildman–Crippen LogP) is 9.52. The summed E-state index contributed by atoms with van der Waals surface area (Å²) in [6.07, 6.45) is -1.33. The maximum atomic E-state index is 14.2. The molecule has 0 aliphatic rings. The van der Waals surface area contributed by atoms with E-state index >= 15 is 0 Å². The Morgan fingerprint density at radius 3 is 2.00 bits per heavy atom. The Hall–Kier alpha value is -4.77. The number of benzene rings is 4. The zero-order chi connectivity index (χ0) is 38.2. The first-order valence-electron chi connectivity index (χ1n) is 17.7. The van der Waals surface area contributed by atoms with Gasteiger partial charge in [0, 0.05) is 11.1 Å². The Morgan fingerprint density at radius 2 is 1.47 bits per heavy atom. The Balaban J connectivity index is 1.45. The molecule has 0 saturated heterocycles. The zero-order valence-electron chi connectivity index (χ0n) is 31.1. The molecule has 0 aliphatic heterocycles. The second kappa shape index (κ2) is 17.4. The second-order valence-electron chi connectivity index (χ2n) is 14.4. The van der Waals surface area contributed by atoms with Crippen LogP contribution in [0.2, 0.25) is 5.04 Å². The highest BCUT2D eigenvalue weighted by Gasteiger charge is 2.52. The van der Waals surface area contributed by atoms with Crippen molar-refractivity contribution in [3.63, 3.8) is 0 Å². The van der Waals surface area contributed by atoms with Crippen molar-refractivity contribution in [3.05, 3.63) is 138 Å². The van der Waals surface area contributed by atoms with E-state index < -0.39 is 33.5 Å². The molecule has 1 heterocycles. The van der Waals surface area contributed by atoms with Gasteiger partial charge in [0.2, 0.25) is 6.16 Å². The number of carboxylic acid groups (broad SMARTS) is 1. The van der Waals surface area contributed by atoms with Crippen LogP contribution in [0.4, 0.5) is 4.39 Å². The van der Waals surface area contributed by atoms with Crippen LogP contribution in [0, 0.1) is 24.6 Å². The van der Waals surface area contributed by atoms with Crippen molar-refractivity contribution in [2.45, 2.75) is 65.0 Å². The minimum Gasteiger partial charge on any atom is -0.481 e. The van der Waals surface area contributed by atoms with Crippen molar-refractivity contribution < 1.29 is 27.8 Å². The third-order valence-corrected chi connectivity index (χ3v) is 15.4. The average molecular weight is 747 g/mol. The van der Waals surface area contributed by atoms with E-state index in [0.717, 1.165) is 44.0 Å². The van der Waals surface area contributed by atoms with Crippen LogP contribution in [-0.2, 0) is 18.3 Å². The number of rotatable bonds is 13. The number of hydrogen-bond acceptors (Lipinski definition) is 5. The van der Waals surface area contributed by atoms with Crippen molar-refractivity contribution in [3.8, 4) is 34.2 Å². The van der Waals surface area contributed by atoms with Gasteiger partial charge in [0.05, 0.1) is 23.4 Å². The molecule has 9 heteroatoms. The van der Waals surface area contributed by atoms with E-state index in [1.165, 1.54) is 12.1 Å². The molecular weight excluding hydrogens is 701 g/mol. The van der Waals surface area contributed by atoms with Gasteiger partial charge in [-0.05, 0) is 62.1 Å². The lowest BCUT2D eigenvalue weighted by atomic mass is 9.91. The van der Waals surface area contributed by atoms with Crippen LogP contribution >= 0.6 is 8.03 Å². The smallest absolute Gasteiger partial charge is 0.481 e. The highest BCUT2D eigenvalue weighted by Crippen LogP contribution is 2.39. The molecule has 2 atom stereocenters. The minimum absolute atomic E-state index is 0.00965. The lowest BCUT2D eigenvalue weighted by molar-refractivity contribution is -0.138. The van der Waals surface area contributed by atoms with Crippen LogP contribution < -0.4 is 10.4 Å². The molecular formula is C44H46FNO5PSi+. The molecule has 5 rings (SSSR count). The number of aliphatic carboxylic acids is 1. The molecule has 0 aliphatic carbocycles. The molecule has 53 heavy (non-hydrogen) atoms. The number of hydrogen-bond donors (Lipinski definition) is 1. The number of aryl methyl sites for hydroxylation is 1. The highest BCUT2D eigenvalue weighted by molar-refractivity contribution is 7.39. The number of carboxylic acids is 1. The van der Waals surface area contributed by atoms with Crippen LogP contribution in [0.25, 0.3) is 22.4 Å². The summed E-state index contributed by atoms with van der Waals surface area (Å²) in [6, 6.07) is 36.4. The van der Waals surface area contributed by atoms with Gasteiger partial charge in [0.15, 0.2) is 6.61 Å². The standard InChI is InChI=1S/C44H45FNO5PSi/c1-31(2)43-39(40(38-25-24-34(45)27-32(38)3)29-41(46-43)33-17-10-7-11-18-33)23-16-26-50-52(49)30-35(28-42(47)48)51-53(44(4,5)6,36-19-12-8-13-20-36)37-21-14-9-15-22-37/h7-15,17-22,24-25,27,29,31,35H,26,28,30H2,1-6H3/p+1/t35-/m0/s1. The summed E-state index contributed by atoms with van der Waals surface area (Å²) in [5, 5.41) is 11.5. The zero-order valence-corrected chi connectivity index (χ0v) is 33.0. The minimum atomic E-state index is -3.13. The molecule has 272 valence electrons. The summed E-state index contributed by atoms with van der Waals surface area (Å²) < 4.78 is 40.6. The van der Waals surface area contributed by atoms with Gasteiger partial charge in [-0.1, -0.05) is 144 Å². The summed E-state index contributed by atoms with van der Waals surface area (Å²) in [5.41, 5.74) is 5.61. The number of halogens is 1. The summed E-state index contributed by atoms with van der Waals surface area (Å²) >= 11 is 0. The van der Waals surface area contributed by atoms with Crippen molar-refractivity contribution in [1.29, 1.82) is 0 Å². The average Bonchev–Trinajstić information content (AvgIpc) is 3.12. The Labute approximate surface area is 314 Å². The topological polar surface area (TPSA) is 85.7 Å². The normalized spacial score (nSPS) is 12.6. The van der Waals surface area contributed by atoms with Gasteiger partial charge in [0.1, 0.15) is 11.9 Å². The molecule has 1 unspecified atom stereocenters. The number of carbonyl (C=O) groups is 1. The molecule has 6 nitrogen and oxygen atoms in total. The molecule has 0 spiro atoms. The van der Waals surface area contributed by atoms with Gasteiger partial charge < -0.3 is 9.53 Å². The lowest BCUT2D eigenvalue weighted by Gasteiger charge is -2.44. The van der Waals surface area contributed by atoms with E-state index in [-0.39, 0.29) is 30.9 Å². The summed E-state index contributed by atoms with van der Waals surface area (Å²) in [6.45, 7) is 12.1. The fourth-order valence-corrected chi connectivity index (χ4v) is 12.4. The predicted molar refractivity (Wildman–Crippen MR) is 214 cm³/mol. The van der Waals surface area contributed by atoms with Crippen LogP contribution in [0.15, 0.2) is 115 Å². The maximum absolute atomic E-state index is 14.2. The quantitative estimate of drug-likeness (QED) is 0.0734. The van der Waals surface area contributed by atoms with E-state index in [4.69, 9.17) is 13.9 Å². The first-order valence-corrected chi connectivity index (χ1v) is 21.0. The third-order valence-electron chi connectivity index (χ3n) is 9.15. The van der Waals surface area contributed by atoms with Crippen LogP contribution in [-0.4, -0.2) is 43.2 Å². The molecule has 4 aromatic carbocycles. The summed E-state index contributed by atoms with van der Waals surface area (Å²) in [7, 11) is -5.48. The summed E-state index contributed by atoms with van der Waals surface area (Å²) in [4.78, 5) is 17.2. The Bertz CT molecular complexity index is 2070. The molecule has 0 saturated carbocycles. The monoisotopic (exact) mass is 746 g/mol. The van der Waals surface area contributed by atoms with E-state index in [9.17, 15) is 18.9 Å². The Kier molecular flexibility index (Phi) is 12.9. The van der Waals surface area contributed by atoms with Crippen LogP contribution in [0.3, 0.4) is 0 Å². The highest BCUT2D eigenvalue weighted by atomic mass is 31.1. The van der Waals surface area contributed by atoms with Crippen LogP contribution in [0.5, 0.6) is 0 Å². The fraction of sp³-hybridized carbons (Fsp3) is 0.273. The van der Waals surface area contributed by atoms with Crippen molar-refractivity contribution in [2.75, 3.05) is 12.8 Å². The van der Waals surface area contributed by atoms with E-state index in [1.807, 2.05) is 118 Å². The Morgan fingerprint density at radius 1 is 0.887 bits per heavy atom. The van der Waals surface area contributed by atoms with Gasteiger partial charge in [-0.2, -0.15) is 0 Å². The number of aromatic nitrogens is 1. The molecule has 0 radical (unpaired) electrons. The van der Waals surface area contributed by atoms with Crippen molar-refractivity contribution in [2.24, 2.45) is 0 Å². The van der Waals surface area contributed by atoms with Gasteiger partial charge in [-0.15, -0.1) is 4.52 Å². The SMILES string of the molecule is Cc1cc(F)ccc1-c1cc(-c2ccccc2)nc(C(C)C)c1C#CCO[P+](=O)C[C@H](CC(=O)O)O[Si](c1ccccc1)(c1ccccc1)C(C)(C)C. The number of nitrogens with zero attached hydrogens (tertiary/aromatic N) is 1. The molecule has 0 fully saturated rings. The number of pyridine rings is 1. The van der Waals surface area contributed by atoms with Gasteiger partial charge in [0.25, 0.3) is 8.32 Å². The van der Waals surface area contributed by atoms with Crippen molar-refractivity contribution in [1.82, 2.24) is 4.98 Å². The first kappa shape index (κ1) is 39.4. The molecule has 5 aromatic rings. The first-order chi connectivity index (χ1) is 25.3. The molecule has 1 aromatic heterocycles. The largest absolute Gasteiger partial charge is 0.511 e. The van der Waals surface area contributed by atoms with Gasteiger partial charge in [-0.25, -0.2) is 4.39 Å². The lowest BCUT2D eigenvalue weighted by Crippen LogP contribution is -2.68. The van der Waals surface area contributed by atoms with Gasteiger partial charge >= 0.3 is 14.0 Å². The fourth-order valence-electron chi connectivity index (χ4n) is 6.74. The molecule has 1 N–H and O–H groups in total. The van der Waals surface area contributed by atoms with E-state index in [0.29, 0.717) is 5.56 Å². The van der Waals surface area contributed by atoms with E-state index in [1.54, 1.807) is 6.07 Å².